The van der Waals surface area contributed by atoms with Crippen molar-refractivity contribution in [2.45, 2.75) is 0 Å². The first-order chi connectivity index (χ1) is 17.5. The minimum absolute atomic E-state index is 0.210. The Morgan fingerprint density at radius 3 is 1.92 bits per heavy atom. The van der Waals surface area contributed by atoms with Crippen LogP contribution in [0.25, 0.3) is 54.9 Å². The van der Waals surface area contributed by atoms with E-state index in [1.807, 2.05) is 84.9 Å². The van der Waals surface area contributed by atoms with Crippen LogP contribution in [-0.4, -0.2) is 0 Å². The molecule has 0 saturated heterocycles. The van der Waals surface area contributed by atoms with E-state index in [0.29, 0.717) is 21.2 Å². The molecule has 0 aliphatic carbocycles. The first kappa shape index (κ1) is 22.7. The van der Waals surface area contributed by atoms with E-state index >= 15 is 4.39 Å². The molecule has 0 spiro atoms. The highest BCUT2D eigenvalue weighted by Crippen LogP contribution is 2.48. The second-order valence-electron chi connectivity index (χ2n) is 8.69. The Bertz CT molecular complexity index is 1780. The van der Waals surface area contributed by atoms with Gasteiger partial charge in [0.1, 0.15) is 11.6 Å². The van der Waals surface area contributed by atoms with Crippen molar-refractivity contribution in [3.8, 4) is 33.4 Å². The van der Waals surface area contributed by atoms with Crippen LogP contribution in [0.1, 0.15) is 0 Å². The van der Waals surface area contributed by atoms with E-state index in [9.17, 15) is 4.39 Å². The fourth-order valence-electron chi connectivity index (χ4n) is 4.80. The lowest BCUT2D eigenvalue weighted by molar-refractivity contribution is 0.585. The molecule has 0 aliphatic rings. The van der Waals surface area contributed by atoms with Gasteiger partial charge in [-0.15, -0.1) is 0 Å². The summed E-state index contributed by atoms with van der Waals surface area (Å²) in [6, 6.07) is 33.4. The van der Waals surface area contributed by atoms with E-state index in [-0.39, 0.29) is 5.56 Å². The van der Waals surface area contributed by atoms with Crippen LogP contribution >= 0.6 is 23.2 Å². The lowest BCUT2D eigenvalue weighted by Crippen LogP contribution is -1.94. The molecule has 0 N–H and O–H groups in total. The molecule has 0 saturated carbocycles. The molecule has 0 amide bonds. The fourth-order valence-corrected chi connectivity index (χ4v) is 5.56. The van der Waals surface area contributed by atoms with Crippen molar-refractivity contribution in [1.82, 2.24) is 0 Å². The fraction of sp³-hybridized carbons (Fsp3) is 0. The van der Waals surface area contributed by atoms with Gasteiger partial charge in [0.25, 0.3) is 0 Å². The zero-order chi connectivity index (χ0) is 24.8. The first-order valence-electron chi connectivity index (χ1n) is 11.5. The Morgan fingerprint density at radius 2 is 1.14 bits per heavy atom. The van der Waals surface area contributed by atoms with Gasteiger partial charge in [-0.2, -0.15) is 0 Å². The smallest absolute Gasteiger partial charge is 0.133 e. The van der Waals surface area contributed by atoms with Gasteiger partial charge in [0, 0.05) is 28.3 Å². The van der Waals surface area contributed by atoms with Crippen molar-refractivity contribution in [2.75, 3.05) is 0 Å². The summed E-state index contributed by atoms with van der Waals surface area (Å²) in [5.74, 6) is -1.34. The van der Waals surface area contributed by atoms with Crippen molar-refractivity contribution < 1.29 is 8.78 Å². The van der Waals surface area contributed by atoms with Crippen molar-refractivity contribution in [3.63, 3.8) is 0 Å². The van der Waals surface area contributed by atoms with Crippen LogP contribution in [-0.2, 0) is 0 Å². The summed E-state index contributed by atoms with van der Waals surface area (Å²) in [6.45, 7) is 0. The summed E-state index contributed by atoms with van der Waals surface area (Å²) >= 11 is 14.1. The highest BCUT2D eigenvalue weighted by molar-refractivity contribution is 6.43. The lowest BCUT2D eigenvalue weighted by atomic mass is 9.90. The second-order valence-corrected chi connectivity index (χ2v) is 9.44. The number of rotatable bonds is 3. The lowest BCUT2D eigenvalue weighted by Gasteiger charge is -2.19. The minimum atomic E-state index is -0.687. The Hall–Kier alpha value is -3.72. The molecule has 6 aromatic carbocycles. The third-order valence-corrected chi connectivity index (χ3v) is 7.33. The Morgan fingerprint density at radius 1 is 0.472 bits per heavy atom. The number of hydrogen-bond donors (Lipinski definition) is 0. The molecule has 0 radical (unpaired) electrons. The predicted octanol–water partition coefficient (Wildman–Crippen LogP) is 10.6. The van der Waals surface area contributed by atoms with E-state index in [1.54, 1.807) is 6.07 Å². The van der Waals surface area contributed by atoms with Crippen molar-refractivity contribution in [2.24, 2.45) is 0 Å². The Kier molecular flexibility index (Phi) is 5.72. The summed E-state index contributed by atoms with van der Waals surface area (Å²) in [6.07, 6.45) is 0. The third kappa shape index (κ3) is 3.83. The topological polar surface area (TPSA) is 0 Å². The van der Waals surface area contributed by atoms with Gasteiger partial charge >= 0.3 is 0 Å². The van der Waals surface area contributed by atoms with Gasteiger partial charge < -0.3 is 0 Å². The Balaban J connectivity index is 1.71. The SMILES string of the molecule is Fc1ccc(-c2cc(-c3cccc4ccccc34)c(Cl)c(-c3ccc4ccccc4c3)c2Cl)c(F)c1. The normalized spacial score (nSPS) is 11.3. The first-order valence-corrected chi connectivity index (χ1v) is 12.2. The molecule has 0 fully saturated rings. The molecule has 0 atom stereocenters. The van der Waals surface area contributed by atoms with Crippen LogP contribution in [0, 0.1) is 11.6 Å². The van der Waals surface area contributed by atoms with Crippen LogP contribution in [0.3, 0.4) is 0 Å². The van der Waals surface area contributed by atoms with Crippen molar-refractivity contribution >= 4 is 44.7 Å². The number of hydrogen-bond acceptors (Lipinski definition) is 0. The van der Waals surface area contributed by atoms with Gasteiger partial charge in [0.15, 0.2) is 0 Å². The molecule has 4 heteroatoms. The maximum absolute atomic E-state index is 15.0. The molecular formula is C32H18Cl2F2. The van der Waals surface area contributed by atoms with E-state index in [2.05, 4.69) is 0 Å². The van der Waals surface area contributed by atoms with Crippen molar-refractivity contribution in [1.29, 1.82) is 0 Å². The molecule has 0 aromatic heterocycles. The molecular weight excluding hydrogens is 493 g/mol. The largest absolute Gasteiger partial charge is 0.207 e. The van der Waals surface area contributed by atoms with Crippen LogP contribution < -0.4 is 0 Å². The number of halogens is 4. The monoisotopic (exact) mass is 510 g/mol. The van der Waals surface area contributed by atoms with Crippen LogP contribution in [0.4, 0.5) is 8.78 Å². The molecule has 6 aromatic rings. The van der Waals surface area contributed by atoms with Gasteiger partial charge in [-0.1, -0.05) is 102 Å². The second kappa shape index (κ2) is 9.05. The maximum Gasteiger partial charge on any atom is 0.133 e. The molecule has 0 unspecified atom stereocenters. The maximum atomic E-state index is 15.0. The standard InChI is InChI=1S/C32H18Cl2F2/c33-31-27(25-11-5-9-20-7-3-4-10-24(20)25)18-28(26-15-14-23(35)17-29(26)36)32(34)30(31)22-13-12-19-6-1-2-8-21(19)16-22/h1-18H. The predicted molar refractivity (Wildman–Crippen MR) is 148 cm³/mol. The van der Waals surface area contributed by atoms with Gasteiger partial charge in [-0.05, 0) is 56.9 Å². The highest BCUT2D eigenvalue weighted by Gasteiger charge is 2.22. The van der Waals surface area contributed by atoms with Gasteiger partial charge in [-0.3, -0.25) is 0 Å². The summed E-state index contributed by atoms with van der Waals surface area (Å²) < 4.78 is 28.8. The van der Waals surface area contributed by atoms with E-state index in [4.69, 9.17) is 23.2 Å². The molecule has 0 bridgehead atoms. The zero-order valence-corrected chi connectivity index (χ0v) is 20.4. The molecule has 6 rings (SSSR count). The third-order valence-electron chi connectivity index (χ3n) is 6.54. The minimum Gasteiger partial charge on any atom is -0.207 e. The van der Waals surface area contributed by atoms with Crippen LogP contribution in [0.15, 0.2) is 109 Å². The average molecular weight is 511 g/mol. The van der Waals surface area contributed by atoms with Crippen LogP contribution in [0.5, 0.6) is 0 Å². The molecule has 0 nitrogen and oxygen atoms in total. The summed E-state index contributed by atoms with van der Waals surface area (Å²) in [4.78, 5) is 0. The van der Waals surface area contributed by atoms with E-state index < -0.39 is 11.6 Å². The van der Waals surface area contributed by atoms with Gasteiger partial charge in [-0.25, -0.2) is 8.78 Å². The summed E-state index contributed by atoms with van der Waals surface area (Å²) in [7, 11) is 0. The van der Waals surface area contributed by atoms with E-state index in [1.165, 1.54) is 12.1 Å². The number of fused-ring (bicyclic) bond motifs is 2. The van der Waals surface area contributed by atoms with Crippen LogP contribution in [0.2, 0.25) is 10.0 Å². The summed E-state index contributed by atoms with van der Waals surface area (Å²) in [5.41, 5.74) is 3.70. The summed E-state index contributed by atoms with van der Waals surface area (Å²) in [5, 5.41) is 4.97. The molecule has 174 valence electrons. The zero-order valence-electron chi connectivity index (χ0n) is 18.9. The van der Waals surface area contributed by atoms with Crippen molar-refractivity contribution in [3.05, 3.63) is 131 Å². The van der Waals surface area contributed by atoms with E-state index in [0.717, 1.165) is 44.3 Å². The molecule has 0 heterocycles. The average Bonchev–Trinajstić information content (AvgIpc) is 2.89. The molecule has 36 heavy (non-hydrogen) atoms. The highest BCUT2D eigenvalue weighted by atomic mass is 35.5. The van der Waals surface area contributed by atoms with Gasteiger partial charge in [0.2, 0.25) is 0 Å². The quantitative estimate of drug-likeness (QED) is 0.222. The Labute approximate surface area is 217 Å². The van der Waals surface area contributed by atoms with Gasteiger partial charge in [0.05, 0.1) is 10.0 Å². The molecule has 0 aliphatic heterocycles. The number of benzene rings is 6.